The molecule has 1 fully saturated rings. The zero-order valence-corrected chi connectivity index (χ0v) is 17.0. The van der Waals surface area contributed by atoms with E-state index in [-0.39, 0.29) is 18.6 Å². The number of benzene rings is 2. The van der Waals surface area contributed by atoms with E-state index in [0.717, 1.165) is 11.1 Å². The van der Waals surface area contributed by atoms with Crippen LogP contribution in [0.3, 0.4) is 0 Å². The minimum atomic E-state index is -0.854. The van der Waals surface area contributed by atoms with Gasteiger partial charge in [0.2, 0.25) is 0 Å². The van der Waals surface area contributed by atoms with Crippen LogP contribution in [0.15, 0.2) is 42.5 Å². The van der Waals surface area contributed by atoms with Crippen molar-refractivity contribution < 1.29 is 28.9 Å². The molecule has 0 amide bonds. The van der Waals surface area contributed by atoms with Crippen LogP contribution in [-0.2, 0) is 16.1 Å². The van der Waals surface area contributed by atoms with Crippen molar-refractivity contribution in [1.29, 1.82) is 0 Å². The molecule has 1 saturated heterocycles. The first kappa shape index (κ1) is 21.0. The SMILES string of the molecule is CCOC(=O)c1ccccc1OCc1cc(C2NC(C(=O)O)CS2)ccc1OC. The molecule has 0 bridgehead atoms. The third-order valence-electron chi connectivity index (χ3n) is 4.45. The molecule has 0 aromatic heterocycles. The zero-order chi connectivity index (χ0) is 20.8. The van der Waals surface area contributed by atoms with Gasteiger partial charge in [0.1, 0.15) is 29.7 Å². The van der Waals surface area contributed by atoms with Crippen molar-refractivity contribution in [3.8, 4) is 11.5 Å². The molecule has 7 nitrogen and oxygen atoms in total. The topological polar surface area (TPSA) is 94.1 Å². The summed E-state index contributed by atoms with van der Waals surface area (Å²) in [6, 6.07) is 12.0. The predicted octanol–water partition coefficient (Wildman–Crippen LogP) is 3.24. The Hall–Kier alpha value is -2.71. The lowest BCUT2D eigenvalue weighted by Crippen LogP contribution is -2.33. The number of hydrogen-bond donors (Lipinski definition) is 2. The minimum absolute atomic E-state index is 0.118. The van der Waals surface area contributed by atoms with Crippen LogP contribution < -0.4 is 14.8 Å². The summed E-state index contributed by atoms with van der Waals surface area (Å²) in [4.78, 5) is 23.3. The van der Waals surface area contributed by atoms with Crippen LogP contribution in [-0.4, -0.2) is 42.6 Å². The Morgan fingerprint density at radius 2 is 2.00 bits per heavy atom. The smallest absolute Gasteiger partial charge is 0.341 e. The molecule has 1 aliphatic heterocycles. The first-order chi connectivity index (χ1) is 14.0. The number of methoxy groups -OCH3 is 1. The van der Waals surface area contributed by atoms with Gasteiger partial charge in [-0.1, -0.05) is 18.2 Å². The van der Waals surface area contributed by atoms with Crippen LogP contribution in [0.5, 0.6) is 11.5 Å². The number of para-hydroxylation sites is 1. The highest BCUT2D eigenvalue weighted by Crippen LogP contribution is 2.35. The number of carboxylic acid groups (broad SMARTS) is 1. The summed E-state index contributed by atoms with van der Waals surface area (Å²) >= 11 is 1.55. The molecule has 3 rings (SSSR count). The van der Waals surface area contributed by atoms with Crippen LogP contribution in [0, 0.1) is 0 Å². The van der Waals surface area contributed by atoms with Crippen molar-refractivity contribution in [2.24, 2.45) is 0 Å². The lowest BCUT2D eigenvalue weighted by molar-refractivity contribution is -0.138. The fraction of sp³-hybridized carbons (Fsp3) is 0.333. The third kappa shape index (κ3) is 5.02. The average Bonchev–Trinajstić information content (AvgIpc) is 3.23. The average molecular weight is 417 g/mol. The van der Waals surface area contributed by atoms with Gasteiger partial charge in [0.15, 0.2) is 0 Å². The van der Waals surface area contributed by atoms with Gasteiger partial charge in [0.25, 0.3) is 0 Å². The van der Waals surface area contributed by atoms with Gasteiger partial charge in [-0.25, -0.2) is 4.79 Å². The summed E-state index contributed by atoms with van der Waals surface area (Å²) in [5.41, 5.74) is 2.10. The van der Waals surface area contributed by atoms with Crippen molar-refractivity contribution >= 4 is 23.7 Å². The van der Waals surface area contributed by atoms with Gasteiger partial charge in [-0.05, 0) is 36.8 Å². The molecular weight excluding hydrogens is 394 g/mol. The predicted molar refractivity (Wildman–Crippen MR) is 109 cm³/mol. The van der Waals surface area contributed by atoms with E-state index < -0.39 is 18.0 Å². The van der Waals surface area contributed by atoms with Crippen LogP contribution in [0.1, 0.15) is 33.8 Å². The molecule has 1 heterocycles. The molecule has 0 aliphatic carbocycles. The second-order valence-electron chi connectivity index (χ2n) is 6.35. The maximum absolute atomic E-state index is 12.1. The van der Waals surface area contributed by atoms with Gasteiger partial charge in [0, 0.05) is 11.3 Å². The van der Waals surface area contributed by atoms with Gasteiger partial charge in [-0.15, -0.1) is 11.8 Å². The first-order valence-corrected chi connectivity index (χ1v) is 10.2. The Morgan fingerprint density at radius 1 is 1.21 bits per heavy atom. The number of thioether (sulfide) groups is 1. The monoisotopic (exact) mass is 417 g/mol. The number of nitrogens with one attached hydrogen (secondary N) is 1. The molecule has 2 N–H and O–H groups in total. The van der Waals surface area contributed by atoms with Crippen molar-refractivity contribution in [3.63, 3.8) is 0 Å². The fourth-order valence-corrected chi connectivity index (χ4v) is 4.23. The van der Waals surface area contributed by atoms with Crippen molar-refractivity contribution in [3.05, 3.63) is 59.2 Å². The maximum Gasteiger partial charge on any atom is 0.341 e. The first-order valence-electron chi connectivity index (χ1n) is 9.19. The van der Waals surface area contributed by atoms with Crippen molar-refractivity contribution in [2.45, 2.75) is 24.9 Å². The highest BCUT2D eigenvalue weighted by atomic mass is 32.2. The number of hydrogen-bond acceptors (Lipinski definition) is 7. The van der Waals surface area contributed by atoms with E-state index in [1.807, 2.05) is 18.2 Å². The number of aliphatic carboxylic acids is 1. The Bertz CT molecular complexity index is 887. The summed E-state index contributed by atoms with van der Waals surface area (Å²) in [6.45, 7) is 2.22. The number of rotatable bonds is 8. The molecular formula is C21H23NO6S. The molecule has 29 heavy (non-hydrogen) atoms. The lowest BCUT2D eigenvalue weighted by atomic mass is 10.1. The van der Waals surface area contributed by atoms with Crippen LogP contribution in [0.4, 0.5) is 0 Å². The van der Waals surface area contributed by atoms with Crippen molar-refractivity contribution in [1.82, 2.24) is 5.32 Å². The highest BCUT2D eigenvalue weighted by molar-refractivity contribution is 7.99. The standard InChI is InChI=1S/C21H23NO6S/c1-3-27-21(25)15-6-4-5-7-18(15)28-11-14-10-13(8-9-17(14)26-2)19-22-16(12-29-19)20(23)24/h4-10,16,19,22H,3,11-12H2,1-2H3,(H,23,24). The summed E-state index contributed by atoms with van der Waals surface area (Å²) in [7, 11) is 1.58. The van der Waals surface area contributed by atoms with E-state index in [9.17, 15) is 14.7 Å². The zero-order valence-electron chi connectivity index (χ0n) is 16.2. The van der Waals surface area contributed by atoms with Gasteiger partial charge in [0.05, 0.1) is 19.1 Å². The Kier molecular flexibility index (Phi) is 7.00. The van der Waals surface area contributed by atoms with Crippen LogP contribution >= 0.6 is 11.8 Å². The summed E-state index contributed by atoms with van der Waals surface area (Å²) in [5, 5.41) is 12.2. The van der Waals surface area contributed by atoms with Crippen LogP contribution in [0.25, 0.3) is 0 Å². The van der Waals surface area contributed by atoms with Gasteiger partial charge < -0.3 is 19.3 Å². The quantitative estimate of drug-likeness (QED) is 0.632. The van der Waals surface area contributed by atoms with E-state index in [2.05, 4.69) is 5.32 Å². The normalized spacial score (nSPS) is 18.3. The van der Waals surface area contributed by atoms with E-state index in [1.54, 1.807) is 50.1 Å². The summed E-state index contributed by atoms with van der Waals surface area (Å²) < 4.78 is 16.4. The second-order valence-corrected chi connectivity index (χ2v) is 7.49. The minimum Gasteiger partial charge on any atom is -0.496 e. The van der Waals surface area contributed by atoms with Crippen molar-refractivity contribution in [2.75, 3.05) is 19.5 Å². The molecule has 2 unspecified atom stereocenters. The molecule has 2 atom stereocenters. The number of carbonyl (C=O) groups is 2. The Morgan fingerprint density at radius 3 is 2.69 bits per heavy atom. The molecule has 1 aliphatic rings. The maximum atomic E-state index is 12.1. The van der Waals surface area contributed by atoms with Gasteiger partial charge in [-0.2, -0.15) is 0 Å². The lowest BCUT2D eigenvalue weighted by Gasteiger charge is -2.16. The van der Waals surface area contributed by atoms with E-state index in [0.29, 0.717) is 22.8 Å². The molecule has 8 heteroatoms. The van der Waals surface area contributed by atoms with Gasteiger partial charge in [-0.3, -0.25) is 10.1 Å². The van der Waals surface area contributed by atoms with E-state index in [1.165, 1.54) is 0 Å². The Balaban J connectivity index is 1.77. The largest absolute Gasteiger partial charge is 0.496 e. The molecule has 0 radical (unpaired) electrons. The highest BCUT2D eigenvalue weighted by Gasteiger charge is 2.30. The third-order valence-corrected chi connectivity index (χ3v) is 5.72. The summed E-state index contributed by atoms with van der Waals surface area (Å²) in [5.74, 6) is 0.297. The summed E-state index contributed by atoms with van der Waals surface area (Å²) in [6.07, 6.45) is 0. The number of carboxylic acids is 1. The molecule has 0 saturated carbocycles. The number of ether oxygens (including phenoxy) is 3. The molecule has 154 valence electrons. The van der Waals surface area contributed by atoms with Gasteiger partial charge >= 0.3 is 11.9 Å². The Labute approximate surface area is 173 Å². The second kappa shape index (κ2) is 9.67. The molecule has 2 aromatic carbocycles. The molecule has 2 aromatic rings. The van der Waals surface area contributed by atoms with Crippen LogP contribution in [0.2, 0.25) is 0 Å². The fourth-order valence-electron chi connectivity index (χ4n) is 3.01. The number of esters is 1. The molecule has 0 spiro atoms. The van der Waals surface area contributed by atoms with E-state index in [4.69, 9.17) is 14.2 Å². The van der Waals surface area contributed by atoms with E-state index >= 15 is 0 Å². The number of carbonyl (C=O) groups excluding carboxylic acids is 1.